The molecule has 0 aliphatic carbocycles. The van der Waals surface area contributed by atoms with Crippen LogP contribution in [0.5, 0.6) is 0 Å². The normalized spacial score (nSPS) is 10.7. The number of thiophene rings is 2. The van der Waals surface area contributed by atoms with Crippen molar-refractivity contribution in [1.82, 2.24) is 5.32 Å². The molecule has 0 aliphatic heterocycles. The zero-order valence-corrected chi connectivity index (χ0v) is 10.2. The lowest BCUT2D eigenvalue weighted by Crippen LogP contribution is -2.19. The summed E-state index contributed by atoms with van der Waals surface area (Å²) in [4.78, 5) is 1.47. The Hall–Kier alpha value is -0.640. The van der Waals surface area contributed by atoms with Crippen LogP contribution in [0, 0.1) is 0 Å². The molecule has 1 N–H and O–H groups in total. The molecule has 2 heterocycles. The second-order valence-electron chi connectivity index (χ2n) is 3.46. The first kappa shape index (κ1) is 10.9. The molecular formula is C12H15NS2. The van der Waals surface area contributed by atoms with Crippen molar-refractivity contribution in [3.05, 3.63) is 44.8 Å². The lowest BCUT2D eigenvalue weighted by atomic mass is 10.2. The molecule has 0 atom stereocenters. The molecule has 80 valence electrons. The predicted octanol–water partition coefficient (Wildman–Crippen LogP) is 3.18. The fraction of sp³-hybridized carbons (Fsp3) is 0.333. The van der Waals surface area contributed by atoms with Crippen LogP contribution in [-0.2, 0) is 12.8 Å². The van der Waals surface area contributed by atoms with Crippen LogP contribution in [0.3, 0.4) is 0 Å². The first-order valence-electron chi connectivity index (χ1n) is 5.19. The van der Waals surface area contributed by atoms with E-state index in [9.17, 15) is 0 Å². The van der Waals surface area contributed by atoms with E-state index < -0.39 is 0 Å². The van der Waals surface area contributed by atoms with E-state index in [0.717, 1.165) is 25.9 Å². The molecule has 2 aromatic rings. The van der Waals surface area contributed by atoms with Gasteiger partial charge in [0.05, 0.1) is 0 Å². The molecule has 0 aliphatic rings. The molecule has 2 aromatic heterocycles. The van der Waals surface area contributed by atoms with Crippen molar-refractivity contribution < 1.29 is 0 Å². The fourth-order valence-corrected chi connectivity index (χ4v) is 2.87. The van der Waals surface area contributed by atoms with Crippen LogP contribution >= 0.6 is 22.7 Å². The van der Waals surface area contributed by atoms with Crippen LogP contribution in [0.15, 0.2) is 34.3 Å². The van der Waals surface area contributed by atoms with Crippen molar-refractivity contribution in [2.45, 2.75) is 12.8 Å². The van der Waals surface area contributed by atoms with E-state index in [2.05, 4.69) is 39.7 Å². The molecule has 1 nitrogen and oxygen atoms in total. The monoisotopic (exact) mass is 237 g/mol. The van der Waals surface area contributed by atoms with Gasteiger partial charge in [-0.05, 0) is 59.8 Å². The van der Waals surface area contributed by atoms with Crippen molar-refractivity contribution >= 4 is 22.7 Å². The first-order chi connectivity index (χ1) is 7.45. The summed E-state index contributed by atoms with van der Waals surface area (Å²) in [6, 6.07) is 6.52. The van der Waals surface area contributed by atoms with Gasteiger partial charge in [0.25, 0.3) is 0 Å². The zero-order chi connectivity index (χ0) is 10.3. The van der Waals surface area contributed by atoms with Crippen molar-refractivity contribution in [2.75, 3.05) is 13.1 Å². The van der Waals surface area contributed by atoms with Crippen LogP contribution in [0.4, 0.5) is 0 Å². The third-order valence-electron chi connectivity index (χ3n) is 2.30. The molecule has 0 saturated carbocycles. The summed E-state index contributed by atoms with van der Waals surface area (Å²) < 4.78 is 0. The SMILES string of the molecule is c1csc(CCNCCc2ccsc2)c1. The van der Waals surface area contributed by atoms with E-state index in [1.54, 1.807) is 11.3 Å². The Bertz CT molecular complexity index is 315. The van der Waals surface area contributed by atoms with Gasteiger partial charge in [0.15, 0.2) is 0 Å². The summed E-state index contributed by atoms with van der Waals surface area (Å²) in [5.41, 5.74) is 1.45. The van der Waals surface area contributed by atoms with Crippen LogP contribution in [-0.4, -0.2) is 13.1 Å². The van der Waals surface area contributed by atoms with Crippen molar-refractivity contribution in [3.8, 4) is 0 Å². The number of rotatable bonds is 6. The third-order valence-corrected chi connectivity index (χ3v) is 3.97. The van der Waals surface area contributed by atoms with Crippen LogP contribution in [0.1, 0.15) is 10.4 Å². The maximum Gasteiger partial charge on any atom is 0.00578 e. The summed E-state index contributed by atoms with van der Waals surface area (Å²) in [6.45, 7) is 2.17. The van der Waals surface area contributed by atoms with Gasteiger partial charge >= 0.3 is 0 Å². The smallest absolute Gasteiger partial charge is 0.00578 e. The van der Waals surface area contributed by atoms with E-state index >= 15 is 0 Å². The third kappa shape index (κ3) is 3.78. The Morgan fingerprint density at radius 3 is 2.73 bits per heavy atom. The Kier molecular flexibility index (Phi) is 4.39. The zero-order valence-electron chi connectivity index (χ0n) is 8.61. The average Bonchev–Trinajstić information content (AvgIpc) is 2.88. The van der Waals surface area contributed by atoms with Crippen LogP contribution in [0.25, 0.3) is 0 Å². The summed E-state index contributed by atoms with van der Waals surface area (Å²) in [5, 5.41) is 9.98. The van der Waals surface area contributed by atoms with Gasteiger partial charge < -0.3 is 5.32 Å². The minimum absolute atomic E-state index is 1.09. The molecule has 0 spiro atoms. The molecule has 0 radical (unpaired) electrons. The highest BCUT2D eigenvalue weighted by atomic mass is 32.1. The molecule has 0 aromatic carbocycles. The van der Waals surface area contributed by atoms with Gasteiger partial charge in [-0.2, -0.15) is 11.3 Å². The Morgan fingerprint density at radius 2 is 2.00 bits per heavy atom. The topological polar surface area (TPSA) is 12.0 Å². The second-order valence-corrected chi connectivity index (χ2v) is 5.27. The van der Waals surface area contributed by atoms with Gasteiger partial charge in [0.2, 0.25) is 0 Å². The Labute approximate surface area is 98.8 Å². The molecule has 0 saturated heterocycles. The van der Waals surface area contributed by atoms with E-state index in [1.165, 1.54) is 10.4 Å². The van der Waals surface area contributed by atoms with Gasteiger partial charge in [-0.25, -0.2) is 0 Å². The summed E-state index contributed by atoms with van der Waals surface area (Å²) >= 11 is 3.62. The van der Waals surface area contributed by atoms with Crippen molar-refractivity contribution in [1.29, 1.82) is 0 Å². The molecule has 15 heavy (non-hydrogen) atoms. The second kappa shape index (κ2) is 6.05. The largest absolute Gasteiger partial charge is 0.316 e. The van der Waals surface area contributed by atoms with Gasteiger partial charge in [0, 0.05) is 4.88 Å². The summed E-state index contributed by atoms with van der Waals surface area (Å²) in [7, 11) is 0. The minimum Gasteiger partial charge on any atom is -0.316 e. The number of nitrogens with one attached hydrogen (secondary N) is 1. The highest BCUT2D eigenvalue weighted by Crippen LogP contribution is 2.08. The van der Waals surface area contributed by atoms with Crippen molar-refractivity contribution in [3.63, 3.8) is 0 Å². The summed E-state index contributed by atoms with van der Waals surface area (Å²) in [6.07, 6.45) is 2.30. The fourth-order valence-electron chi connectivity index (χ4n) is 1.46. The minimum atomic E-state index is 1.09. The van der Waals surface area contributed by atoms with E-state index in [-0.39, 0.29) is 0 Å². The molecule has 0 bridgehead atoms. The van der Waals surface area contributed by atoms with Crippen LogP contribution in [0.2, 0.25) is 0 Å². The lowest BCUT2D eigenvalue weighted by molar-refractivity contribution is 0.686. The Balaban J connectivity index is 1.56. The molecule has 0 fully saturated rings. The van der Waals surface area contributed by atoms with Gasteiger partial charge in [0.1, 0.15) is 0 Å². The molecule has 2 rings (SSSR count). The van der Waals surface area contributed by atoms with E-state index in [0.29, 0.717) is 0 Å². The molecule has 0 unspecified atom stereocenters. The highest BCUT2D eigenvalue weighted by Gasteiger charge is 1.94. The van der Waals surface area contributed by atoms with E-state index in [4.69, 9.17) is 0 Å². The van der Waals surface area contributed by atoms with E-state index in [1.807, 2.05) is 11.3 Å². The highest BCUT2D eigenvalue weighted by molar-refractivity contribution is 7.09. The van der Waals surface area contributed by atoms with Crippen LogP contribution < -0.4 is 5.32 Å². The number of hydrogen-bond donors (Lipinski definition) is 1. The molecule has 0 amide bonds. The molecular weight excluding hydrogens is 222 g/mol. The summed E-state index contributed by atoms with van der Waals surface area (Å²) in [5.74, 6) is 0. The van der Waals surface area contributed by atoms with Crippen molar-refractivity contribution in [2.24, 2.45) is 0 Å². The average molecular weight is 237 g/mol. The maximum absolute atomic E-state index is 3.47. The standard InChI is InChI=1S/C12H15NS2/c1-2-12(15-8-1)4-7-13-6-3-11-5-9-14-10-11/h1-2,5,8-10,13H,3-4,6-7H2. The van der Waals surface area contributed by atoms with Gasteiger partial charge in [-0.15, -0.1) is 11.3 Å². The first-order valence-corrected chi connectivity index (χ1v) is 7.01. The predicted molar refractivity (Wildman–Crippen MR) is 68.9 cm³/mol. The lowest BCUT2D eigenvalue weighted by Gasteiger charge is -2.02. The quantitative estimate of drug-likeness (QED) is 0.761. The Morgan fingerprint density at radius 1 is 1.07 bits per heavy atom. The number of hydrogen-bond acceptors (Lipinski definition) is 3. The van der Waals surface area contributed by atoms with Gasteiger partial charge in [-0.3, -0.25) is 0 Å². The maximum atomic E-state index is 3.47. The van der Waals surface area contributed by atoms with Gasteiger partial charge in [-0.1, -0.05) is 6.07 Å². The molecule has 3 heteroatoms.